The van der Waals surface area contributed by atoms with Gasteiger partial charge in [-0.15, -0.1) is 24.0 Å². The minimum atomic E-state index is 0. The van der Waals surface area contributed by atoms with Crippen LogP contribution in [-0.4, -0.2) is 35.9 Å². The van der Waals surface area contributed by atoms with Gasteiger partial charge in [0.15, 0.2) is 5.96 Å². The first kappa shape index (κ1) is 21.7. The number of benzene rings is 1. The molecular weight excluding hydrogens is 427 g/mol. The number of carbonyl (C=O) groups is 1. The Morgan fingerprint density at radius 1 is 1.16 bits per heavy atom. The monoisotopic (exact) mass is 458 g/mol. The molecule has 0 aliphatic heterocycles. The minimum absolute atomic E-state index is 0. The Kier molecular flexibility index (Phi) is 9.85. The van der Waals surface area contributed by atoms with Crippen LogP contribution in [0.2, 0.25) is 0 Å². The molecule has 1 fully saturated rings. The number of nitrogens with two attached hydrogens (primary N) is 1. The van der Waals surface area contributed by atoms with Crippen molar-refractivity contribution in [3.63, 3.8) is 0 Å². The Morgan fingerprint density at radius 3 is 2.32 bits per heavy atom. The molecule has 6 heteroatoms. The first-order chi connectivity index (χ1) is 11.6. The van der Waals surface area contributed by atoms with E-state index in [1.54, 1.807) is 0 Å². The number of guanidine groups is 1. The zero-order valence-corrected chi connectivity index (χ0v) is 17.7. The van der Waals surface area contributed by atoms with Crippen LogP contribution in [0.15, 0.2) is 29.3 Å². The maximum absolute atomic E-state index is 12.3. The fourth-order valence-electron chi connectivity index (χ4n) is 3.12. The van der Waals surface area contributed by atoms with E-state index in [0.717, 1.165) is 24.2 Å². The molecular formula is C19H31IN4O. The van der Waals surface area contributed by atoms with Gasteiger partial charge in [-0.25, -0.2) is 4.99 Å². The number of nitrogens with one attached hydrogen (secondary N) is 1. The third-order valence-electron chi connectivity index (χ3n) is 4.64. The summed E-state index contributed by atoms with van der Waals surface area (Å²) in [5.74, 6) is 0.596. The van der Waals surface area contributed by atoms with Crippen LogP contribution in [0.4, 0.5) is 0 Å². The molecule has 1 aromatic rings. The molecule has 140 valence electrons. The van der Waals surface area contributed by atoms with E-state index in [2.05, 4.69) is 10.3 Å². The van der Waals surface area contributed by atoms with E-state index in [0.29, 0.717) is 18.5 Å². The van der Waals surface area contributed by atoms with Crippen molar-refractivity contribution in [1.82, 2.24) is 10.2 Å². The number of hydrogen-bond acceptors (Lipinski definition) is 2. The molecule has 25 heavy (non-hydrogen) atoms. The SMILES string of the molecule is CCN(CC)C(=O)c1ccc(CN=C(N)NC2CCCCC2)cc1.I. The summed E-state index contributed by atoms with van der Waals surface area (Å²) in [5.41, 5.74) is 7.76. The molecule has 0 saturated heterocycles. The summed E-state index contributed by atoms with van der Waals surface area (Å²) in [7, 11) is 0. The van der Waals surface area contributed by atoms with E-state index in [-0.39, 0.29) is 29.9 Å². The lowest BCUT2D eigenvalue weighted by Crippen LogP contribution is -2.41. The average Bonchev–Trinajstić information content (AvgIpc) is 2.62. The Bertz CT molecular complexity index is 549. The van der Waals surface area contributed by atoms with Crippen LogP contribution in [0.3, 0.4) is 0 Å². The summed E-state index contributed by atoms with van der Waals surface area (Å²) >= 11 is 0. The van der Waals surface area contributed by atoms with Crippen LogP contribution in [0.25, 0.3) is 0 Å². The smallest absolute Gasteiger partial charge is 0.253 e. The molecule has 5 nitrogen and oxygen atoms in total. The second-order valence-electron chi connectivity index (χ2n) is 6.36. The van der Waals surface area contributed by atoms with E-state index in [4.69, 9.17) is 5.73 Å². The van der Waals surface area contributed by atoms with E-state index in [1.165, 1.54) is 32.1 Å². The zero-order chi connectivity index (χ0) is 17.4. The summed E-state index contributed by atoms with van der Waals surface area (Å²) < 4.78 is 0. The van der Waals surface area contributed by atoms with Gasteiger partial charge < -0.3 is 16.0 Å². The van der Waals surface area contributed by atoms with Gasteiger partial charge in [-0.3, -0.25) is 4.79 Å². The van der Waals surface area contributed by atoms with Gasteiger partial charge >= 0.3 is 0 Å². The molecule has 2 rings (SSSR count). The quantitative estimate of drug-likeness (QED) is 0.389. The fourth-order valence-corrected chi connectivity index (χ4v) is 3.12. The first-order valence-electron chi connectivity index (χ1n) is 9.08. The second kappa shape index (κ2) is 11.3. The normalized spacial score (nSPS) is 15.4. The van der Waals surface area contributed by atoms with E-state index < -0.39 is 0 Å². The molecule has 0 aromatic heterocycles. The Labute approximate surface area is 168 Å². The van der Waals surface area contributed by atoms with Crippen molar-refractivity contribution in [1.29, 1.82) is 0 Å². The molecule has 0 atom stereocenters. The molecule has 0 bridgehead atoms. The van der Waals surface area contributed by atoms with Crippen molar-refractivity contribution in [2.45, 2.75) is 58.5 Å². The van der Waals surface area contributed by atoms with Crippen molar-refractivity contribution in [2.24, 2.45) is 10.7 Å². The average molecular weight is 458 g/mol. The summed E-state index contributed by atoms with van der Waals surface area (Å²) in [5, 5.41) is 3.32. The highest BCUT2D eigenvalue weighted by molar-refractivity contribution is 14.0. The number of hydrogen-bond donors (Lipinski definition) is 2. The second-order valence-corrected chi connectivity index (χ2v) is 6.36. The predicted molar refractivity (Wildman–Crippen MR) is 114 cm³/mol. The van der Waals surface area contributed by atoms with Crippen LogP contribution in [-0.2, 0) is 6.54 Å². The molecule has 1 aromatic carbocycles. The molecule has 0 spiro atoms. The maximum atomic E-state index is 12.3. The highest BCUT2D eigenvalue weighted by Crippen LogP contribution is 2.17. The lowest BCUT2D eigenvalue weighted by atomic mass is 9.96. The number of nitrogens with zero attached hydrogens (tertiary/aromatic N) is 2. The lowest BCUT2D eigenvalue weighted by molar-refractivity contribution is 0.0773. The Balaban J connectivity index is 0.00000312. The van der Waals surface area contributed by atoms with Crippen molar-refractivity contribution < 1.29 is 4.79 Å². The number of halogens is 1. The van der Waals surface area contributed by atoms with Crippen LogP contribution in [0.1, 0.15) is 61.9 Å². The number of aliphatic imine (C=N–C) groups is 1. The molecule has 0 unspecified atom stereocenters. The third kappa shape index (κ3) is 6.84. The van der Waals surface area contributed by atoms with Crippen LogP contribution >= 0.6 is 24.0 Å². The number of amides is 1. The molecule has 1 aliphatic rings. The van der Waals surface area contributed by atoms with E-state index in [1.807, 2.05) is 43.0 Å². The summed E-state index contributed by atoms with van der Waals surface area (Å²) in [6.45, 7) is 5.97. The topological polar surface area (TPSA) is 70.7 Å². The van der Waals surface area contributed by atoms with E-state index in [9.17, 15) is 4.79 Å². The predicted octanol–water partition coefficient (Wildman–Crippen LogP) is 3.52. The van der Waals surface area contributed by atoms with Gasteiger partial charge in [0.2, 0.25) is 0 Å². The van der Waals surface area contributed by atoms with Crippen molar-refractivity contribution in [3.05, 3.63) is 35.4 Å². The minimum Gasteiger partial charge on any atom is -0.370 e. The van der Waals surface area contributed by atoms with Gasteiger partial charge in [0, 0.05) is 24.7 Å². The van der Waals surface area contributed by atoms with Gasteiger partial charge in [0.05, 0.1) is 6.54 Å². The van der Waals surface area contributed by atoms with Crippen molar-refractivity contribution in [2.75, 3.05) is 13.1 Å². The van der Waals surface area contributed by atoms with Crippen molar-refractivity contribution in [3.8, 4) is 0 Å². The first-order valence-corrected chi connectivity index (χ1v) is 9.08. The highest BCUT2D eigenvalue weighted by Gasteiger charge is 2.13. The Hall–Kier alpha value is -1.31. The van der Waals surface area contributed by atoms with Gasteiger partial charge in [0.1, 0.15) is 0 Å². The largest absolute Gasteiger partial charge is 0.370 e. The maximum Gasteiger partial charge on any atom is 0.253 e. The van der Waals surface area contributed by atoms with Gasteiger partial charge in [-0.2, -0.15) is 0 Å². The fraction of sp³-hybridized carbons (Fsp3) is 0.579. The van der Waals surface area contributed by atoms with Gasteiger partial charge in [0.25, 0.3) is 5.91 Å². The third-order valence-corrected chi connectivity index (χ3v) is 4.64. The summed E-state index contributed by atoms with van der Waals surface area (Å²) in [6.07, 6.45) is 6.23. The van der Waals surface area contributed by atoms with E-state index >= 15 is 0 Å². The van der Waals surface area contributed by atoms with Crippen LogP contribution in [0, 0.1) is 0 Å². The Morgan fingerprint density at radius 2 is 1.76 bits per heavy atom. The zero-order valence-electron chi connectivity index (χ0n) is 15.3. The number of rotatable bonds is 6. The molecule has 3 N–H and O–H groups in total. The molecule has 0 heterocycles. The summed E-state index contributed by atoms with van der Waals surface area (Å²) in [4.78, 5) is 18.5. The molecule has 0 radical (unpaired) electrons. The van der Waals surface area contributed by atoms with Gasteiger partial charge in [-0.05, 0) is 44.4 Å². The molecule has 1 aliphatic carbocycles. The molecule has 1 amide bonds. The number of carbonyl (C=O) groups excluding carboxylic acids is 1. The van der Waals surface area contributed by atoms with Crippen LogP contribution < -0.4 is 11.1 Å². The van der Waals surface area contributed by atoms with Crippen LogP contribution in [0.5, 0.6) is 0 Å². The van der Waals surface area contributed by atoms with Crippen molar-refractivity contribution >= 4 is 35.8 Å². The standard InChI is InChI=1S/C19H30N4O.HI/c1-3-23(4-2)18(24)16-12-10-15(11-13-16)14-21-19(20)22-17-8-6-5-7-9-17;/h10-13,17H,3-9,14H2,1-2H3,(H3,20,21,22);1H. The molecule has 1 saturated carbocycles. The van der Waals surface area contributed by atoms with Gasteiger partial charge in [-0.1, -0.05) is 31.4 Å². The lowest BCUT2D eigenvalue weighted by Gasteiger charge is -2.23. The highest BCUT2D eigenvalue weighted by atomic mass is 127. The summed E-state index contributed by atoms with van der Waals surface area (Å²) in [6, 6.07) is 8.12.